The maximum Gasteiger partial charge on any atom is 0.159 e. The number of ketones is 1. The first-order valence-corrected chi connectivity index (χ1v) is 14.1. The molecule has 1 fully saturated rings. The smallest absolute Gasteiger partial charge is 0.159 e. The average Bonchev–Trinajstić information content (AvgIpc) is 3.66. The molecule has 0 saturated heterocycles. The molecule has 0 bridgehead atoms. The molecule has 5 nitrogen and oxygen atoms in total. The van der Waals surface area contributed by atoms with E-state index in [1.807, 2.05) is 31.2 Å². The fraction of sp³-hybridized carbons (Fsp3) is 0.424. The minimum Gasteiger partial charge on any atom is -0.382 e. The van der Waals surface area contributed by atoms with Crippen LogP contribution in [0.3, 0.4) is 0 Å². The Bertz CT molecular complexity index is 1390. The van der Waals surface area contributed by atoms with Gasteiger partial charge in [0.15, 0.2) is 5.78 Å². The quantitative estimate of drug-likeness (QED) is 0.229. The molecule has 1 aliphatic heterocycles. The zero-order valence-electron chi connectivity index (χ0n) is 23.5. The Kier molecular flexibility index (Phi) is 9.14. The van der Waals surface area contributed by atoms with Crippen LogP contribution in [0.2, 0.25) is 0 Å². The van der Waals surface area contributed by atoms with Gasteiger partial charge in [-0.2, -0.15) is 0 Å². The van der Waals surface area contributed by atoms with Crippen LogP contribution in [-0.4, -0.2) is 29.5 Å². The van der Waals surface area contributed by atoms with Crippen LogP contribution in [0, 0.1) is 31.0 Å². The number of halogens is 1. The number of benzene rings is 2. The third-order valence-corrected chi connectivity index (χ3v) is 7.59. The molecule has 1 aliphatic carbocycles. The number of anilines is 2. The largest absolute Gasteiger partial charge is 0.382 e. The van der Waals surface area contributed by atoms with Gasteiger partial charge in [-0.25, -0.2) is 4.39 Å². The lowest BCUT2D eigenvalue weighted by molar-refractivity contribution is 0.101. The van der Waals surface area contributed by atoms with Gasteiger partial charge in [-0.1, -0.05) is 32.4 Å². The van der Waals surface area contributed by atoms with Gasteiger partial charge in [0, 0.05) is 43.0 Å². The molecule has 1 unspecified atom stereocenters. The van der Waals surface area contributed by atoms with Gasteiger partial charge >= 0.3 is 0 Å². The Morgan fingerprint density at radius 3 is 2.74 bits per heavy atom. The molecule has 39 heavy (non-hydrogen) atoms. The van der Waals surface area contributed by atoms with Crippen molar-refractivity contribution in [1.29, 1.82) is 0 Å². The van der Waals surface area contributed by atoms with Gasteiger partial charge in [-0.15, -0.1) is 12.3 Å². The molecule has 2 aliphatic rings. The van der Waals surface area contributed by atoms with E-state index in [0.29, 0.717) is 16.9 Å². The zero-order chi connectivity index (χ0) is 28.1. The summed E-state index contributed by atoms with van der Waals surface area (Å²) in [6.07, 6.45) is 11.7. The maximum atomic E-state index is 14.6. The molecule has 3 N–H and O–H groups in total. The van der Waals surface area contributed by atoms with E-state index in [-0.39, 0.29) is 17.6 Å². The van der Waals surface area contributed by atoms with Gasteiger partial charge in [-0.3, -0.25) is 4.79 Å². The molecule has 0 spiro atoms. The monoisotopic (exact) mass is 528 g/mol. The summed E-state index contributed by atoms with van der Waals surface area (Å²) in [6.45, 7) is 12.6. The highest BCUT2D eigenvalue weighted by atomic mass is 19.1. The third kappa shape index (κ3) is 6.54. The fourth-order valence-electron chi connectivity index (χ4n) is 5.26. The minimum absolute atomic E-state index is 0.0543. The molecule has 1 aromatic heterocycles. The van der Waals surface area contributed by atoms with Crippen LogP contribution in [0.5, 0.6) is 0 Å². The van der Waals surface area contributed by atoms with Crippen molar-refractivity contribution in [3.05, 3.63) is 65.6 Å². The number of hydrogen-bond donors (Lipinski definition) is 2. The van der Waals surface area contributed by atoms with Crippen LogP contribution in [0.25, 0.3) is 16.6 Å². The molecule has 1 saturated carbocycles. The van der Waals surface area contributed by atoms with Gasteiger partial charge in [0.1, 0.15) is 5.82 Å². The van der Waals surface area contributed by atoms with Gasteiger partial charge in [-0.05, 0) is 74.9 Å². The van der Waals surface area contributed by atoms with Crippen LogP contribution in [-0.2, 0) is 6.54 Å². The Morgan fingerprint density at radius 1 is 1.31 bits per heavy atom. The summed E-state index contributed by atoms with van der Waals surface area (Å²) in [5, 5.41) is 4.07. The summed E-state index contributed by atoms with van der Waals surface area (Å²) in [6, 6.07) is 11.3. The number of nitrogens with two attached hydrogens (primary N) is 1. The molecule has 1 atom stereocenters. The number of carbonyl (C=O) groups excluding carboxylic acids is 1. The van der Waals surface area contributed by atoms with Crippen LogP contribution in [0.4, 0.5) is 15.8 Å². The number of rotatable bonds is 9. The molecule has 2 aromatic carbocycles. The predicted octanol–water partition coefficient (Wildman–Crippen LogP) is 7.13. The first-order chi connectivity index (χ1) is 18.7. The number of aromatic nitrogens is 1. The molecular formula is C33H41FN4O. The Balaban J connectivity index is 0.000000340. The maximum absolute atomic E-state index is 14.6. The lowest BCUT2D eigenvalue weighted by Crippen LogP contribution is -2.34. The summed E-state index contributed by atoms with van der Waals surface area (Å²) < 4.78 is 16.8. The topological polar surface area (TPSA) is 63.3 Å². The highest BCUT2D eigenvalue weighted by molar-refractivity contribution is 5.99. The molecular weight excluding hydrogens is 487 g/mol. The first-order valence-electron chi connectivity index (χ1n) is 14.1. The van der Waals surface area contributed by atoms with Crippen LogP contribution in [0.15, 0.2) is 43.0 Å². The summed E-state index contributed by atoms with van der Waals surface area (Å²) in [7, 11) is 0. The van der Waals surface area contributed by atoms with Gasteiger partial charge in [0.2, 0.25) is 0 Å². The van der Waals surface area contributed by atoms with Crippen LogP contribution in [0.1, 0.15) is 74.0 Å². The fourth-order valence-corrected chi connectivity index (χ4v) is 5.26. The van der Waals surface area contributed by atoms with E-state index in [2.05, 4.69) is 34.2 Å². The van der Waals surface area contributed by atoms with Crippen molar-refractivity contribution in [2.45, 2.75) is 71.9 Å². The Hall–Kier alpha value is -3.56. The van der Waals surface area contributed by atoms with Crippen molar-refractivity contribution in [2.75, 3.05) is 23.3 Å². The first kappa shape index (κ1) is 28.4. The summed E-state index contributed by atoms with van der Waals surface area (Å²) in [5.41, 5.74) is 12.1. The number of terminal acetylenes is 1. The highest BCUT2D eigenvalue weighted by Gasteiger charge is 2.28. The van der Waals surface area contributed by atoms with E-state index >= 15 is 0 Å². The lowest BCUT2D eigenvalue weighted by atomic mass is 10.0. The molecule has 2 heterocycles. The molecule has 0 amide bonds. The van der Waals surface area contributed by atoms with Crippen molar-refractivity contribution in [2.24, 2.45) is 11.7 Å². The third-order valence-electron chi connectivity index (χ3n) is 7.59. The van der Waals surface area contributed by atoms with Crippen molar-refractivity contribution in [3.63, 3.8) is 0 Å². The molecule has 3 aromatic rings. The number of nitrogens with zero attached hydrogens (tertiary/aromatic N) is 2. The van der Waals surface area contributed by atoms with E-state index < -0.39 is 0 Å². The van der Waals surface area contributed by atoms with E-state index in [1.165, 1.54) is 31.7 Å². The van der Waals surface area contributed by atoms with E-state index in [9.17, 15) is 9.18 Å². The second-order valence-electron chi connectivity index (χ2n) is 10.8. The number of hydrogen-bond acceptors (Lipinski definition) is 4. The highest BCUT2D eigenvalue weighted by Crippen LogP contribution is 2.40. The SMILES string of the molecule is C#CCC(N)CCCC.C=C(c1cc2c(F)cccc2n1CC1CC1)N1CCNc2cc(C(C)=O)cc(C)c21. The van der Waals surface area contributed by atoms with Crippen LogP contribution < -0.4 is 16.0 Å². The van der Waals surface area contributed by atoms with Gasteiger partial charge < -0.3 is 20.5 Å². The number of aryl methyl sites for hydroxylation is 1. The van der Waals surface area contributed by atoms with E-state index in [4.69, 9.17) is 12.2 Å². The Labute approximate surface area is 232 Å². The van der Waals surface area contributed by atoms with Crippen molar-refractivity contribution >= 4 is 33.8 Å². The minimum atomic E-state index is -0.195. The second kappa shape index (κ2) is 12.5. The van der Waals surface area contributed by atoms with E-state index in [1.54, 1.807) is 13.0 Å². The Morgan fingerprint density at radius 2 is 2.08 bits per heavy atom. The van der Waals surface area contributed by atoms with Gasteiger partial charge in [0.05, 0.1) is 28.3 Å². The van der Waals surface area contributed by atoms with Crippen molar-refractivity contribution in [3.8, 4) is 12.3 Å². The van der Waals surface area contributed by atoms with Gasteiger partial charge in [0.25, 0.3) is 0 Å². The average molecular weight is 529 g/mol. The normalized spacial score (nSPS) is 15.0. The number of Topliss-reactive ketones (excluding diaryl/α,β-unsaturated/α-hetero) is 1. The number of nitrogens with one attached hydrogen (secondary N) is 1. The lowest BCUT2D eigenvalue weighted by Gasteiger charge is -2.35. The number of carbonyl (C=O) groups is 1. The summed E-state index contributed by atoms with van der Waals surface area (Å²) >= 11 is 0. The molecule has 5 rings (SSSR count). The standard InChI is InChI=1S/C25H26FN3O.C8H15N/c1-15-11-19(17(3)30)12-22-25(15)28(10-9-27-22)16(2)24-13-20-21(26)5-4-6-23(20)29(24)14-18-7-8-18;1-3-5-7-8(9)6-4-2/h4-6,11-13,18,27H,2,7-10,14H2,1,3H3;2,8H,3,5-7,9H2,1H3. The molecule has 0 radical (unpaired) electrons. The second-order valence-corrected chi connectivity index (χ2v) is 10.8. The van der Waals surface area contributed by atoms with Crippen LogP contribution >= 0.6 is 0 Å². The van der Waals surface area contributed by atoms with Crippen molar-refractivity contribution in [1.82, 2.24) is 4.57 Å². The number of unbranched alkanes of at least 4 members (excludes halogenated alkanes) is 1. The number of fused-ring (bicyclic) bond motifs is 2. The summed E-state index contributed by atoms with van der Waals surface area (Å²) in [5.74, 6) is 3.07. The molecule has 6 heteroatoms. The van der Waals surface area contributed by atoms with E-state index in [0.717, 1.165) is 66.3 Å². The predicted molar refractivity (Wildman–Crippen MR) is 162 cm³/mol. The zero-order valence-corrected chi connectivity index (χ0v) is 23.5. The summed E-state index contributed by atoms with van der Waals surface area (Å²) in [4.78, 5) is 14.1. The van der Waals surface area contributed by atoms with Crippen molar-refractivity contribution < 1.29 is 9.18 Å². The molecule has 206 valence electrons.